The van der Waals surface area contributed by atoms with Crippen molar-refractivity contribution in [3.8, 4) is 0 Å². The van der Waals surface area contributed by atoms with E-state index in [1.807, 2.05) is 12.1 Å². The van der Waals surface area contributed by atoms with Crippen LogP contribution in [0.1, 0.15) is 23.5 Å². The number of fused-ring (bicyclic) bond motifs is 1. The van der Waals surface area contributed by atoms with E-state index in [4.69, 9.17) is 5.11 Å². The van der Waals surface area contributed by atoms with Crippen LogP contribution in [0.3, 0.4) is 0 Å². The summed E-state index contributed by atoms with van der Waals surface area (Å²) in [4.78, 5) is 0. The van der Waals surface area contributed by atoms with Crippen LogP contribution in [0.25, 0.3) is 6.08 Å². The van der Waals surface area contributed by atoms with Crippen molar-refractivity contribution in [3.05, 3.63) is 41.5 Å². The molecule has 0 aliphatic heterocycles. The van der Waals surface area contributed by atoms with Gasteiger partial charge < -0.3 is 5.11 Å². The number of hydrogen-bond donors (Lipinski definition) is 1. The molecule has 1 aliphatic rings. The van der Waals surface area contributed by atoms with Crippen LogP contribution in [0.5, 0.6) is 0 Å². The van der Waals surface area contributed by atoms with Gasteiger partial charge in [0.05, 0.1) is 6.61 Å². The minimum absolute atomic E-state index is 0.251. The first-order chi connectivity index (χ1) is 5.92. The highest BCUT2D eigenvalue weighted by molar-refractivity contribution is 5.57. The minimum atomic E-state index is 0.251. The van der Waals surface area contributed by atoms with E-state index in [-0.39, 0.29) is 6.61 Å². The van der Waals surface area contributed by atoms with E-state index in [2.05, 4.69) is 24.3 Å². The largest absolute Gasteiger partial charge is 0.396 e. The summed E-state index contributed by atoms with van der Waals surface area (Å²) in [6.45, 7) is 0.251. The molecule has 0 saturated carbocycles. The van der Waals surface area contributed by atoms with Gasteiger partial charge >= 0.3 is 0 Å². The van der Waals surface area contributed by atoms with Crippen molar-refractivity contribution in [1.82, 2.24) is 0 Å². The van der Waals surface area contributed by atoms with E-state index in [0.29, 0.717) is 5.92 Å². The predicted octanol–water partition coefficient (Wildman–Crippen LogP) is 2.18. The summed E-state index contributed by atoms with van der Waals surface area (Å²) in [7, 11) is 0. The fourth-order valence-electron chi connectivity index (χ4n) is 1.69. The van der Waals surface area contributed by atoms with Gasteiger partial charge in [0.25, 0.3) is 0 Å². The zero-order chi connectivity index (χ0) is 8.39. The molecule has 1 aliphatic carbocycles. The topological polar surface area (TPSA) is 20.2 Å². The van der Waals surface area contributed by atoms with Crippen molar-refractivity contribution in [1.29, 1.82) is 0 Å². The number of rotatable bonds is 1. The second-order valence-corrected chi connectivity index (χ2v) is 3.15. The van der Waals surface area contributed by atoms with Crippen molar-refractivity contribution in [2.24, 2.45) is 0 Å². The van der Waals surface area contributed by atoms with Crippen LogP contribution >= 0.6 is 0 Å². The van der Waals surface area contributed by atoms with Gasteiger partial charge in [0.1, 0.15) is 0 Å². The normalized spacial score (nSPS) is 20.6. The van der Waals surface area contributed by atoms with Crippen LogP contribution in [0.2, 0.25) is 0 Å². The predicted molar refractivity (Wildman–Crippen MR) is 49.9 cm³/mol. The number of benzene rings is 1. The summed E-state index contributed by atoms with van der Waals surface area (Å²) in [5.41, 5.74) is 2.53. The molecule has 62 valence electrons. The smallest absolute Gasteiger partial charge is 0.0502 e. The molecule has 0 amide bonds. The van der Waals surface area contributed by atoms with Gasteiger partial charge in [-0.05, 0) is 17.5 Å². The quantitative estimate of drug-likeness (QED) is 0.667. The van der Waals surface area contributed by atoms with Gasteiger partial charge in [0.15, 0.2) is 0 Å². The summed E-state index contributed by atoms with van der Waals surface area (Å²) in [6.07, 6.45) is 5.22. The van der Waals surface area contributed by atoms with E-state index in [9.17, 15) is 0 Å². The Morgan fingerprint density at radius 3 is 3.00 bits per heavy atom. The average Bonchev–Trinajstić information content (AvgIpc) is 2.17. The standard InChI is InChI=1S/C11H12O/c12-8-10-6-3-5-9-4-1-2-7-11(9)10/h1-5,7,10,12H,6,8H2. The summed E-state index contributed by atoms with van der Waals surface area (Å²) in [5.74, 6) is 0.311. The Labute approximate surface area is 72.4 Å². The third kappa shape index (κ3) is 1.16. The molecule has 0 radical (unpaired) electrons. The first kappa shape index (κ1) is 7.56. The number of allylic oxidation sites excluding steroid dienone is 1. The van der Waals surface area contributed by atoms with E-state index < -0.39 is 0 Å². The number of hydrogen-bond acceptors (Lipinski definition) is 1. The summed E-state index contributed by atoms with van der Waals surface area (Å²) >= 11 is 0. The highest BCUT2D eigenvalue weighted by Crippen LogP contribution is 2.28. The molecule has 1 N–H and O–H groups in total. The van der Waals surface area contributed by atoms with E-state index in [1.54, 1.807) is 0 Å². The van der Waals surface area contributed by atoms with Crippen molar-refractivity contribution in [2.45, 2.75) is 12.3 Å². The average molecular weight is 160 g/mol. The number of aliphatic hydroxyl groups is 1. The third-order valence-electron chi connectivity index (χ3n) is 2.37. The summed E-state index contributed by atoms with van der Waals surface area (Å²) in [5, 5.41) is 9.10. The van der Waals surface area contributed by atoms with Crippen LogP contribution in [0.15, 0.2) is 30.3 Å². The third-order valence-corrected chi connectivity index (χ3v) is 2.37. The van der Waals surface area contributed by atoms with Crippen LogP contribution in [0, 0.1) is 0 Å². The summed E-state index contributed by atoms with van der Waals surface area (Å²) < 4.78 is 0. The molecular formula is C11H12O. The van der Waals surface area contributed by atoms with Gasteiger partial charge in [0.2, 0.25) is 0 Å². The Morgan fingerprint density at radius 2 is 2.17 bits per heavy atom. The maximum absolute atomic E-state index is 9.10. The fraction of sp³-hybridized carbons (Fsp3) is 0.273. The SMILES string of the molecule is OCC1CC=Cc2ccccc21. The van der Waals surface area contributed by atoms with Gasteiger partial charge in [-0.15, -0.1) is 0 Å². The highest BCUT2D eigenvalue weighted by Gasteiger charge is 2.14. The molecule has 12 heavy (non-hydrogen) atoms. The first-order valence-corrected chi connectivity index (χ1v) is 4.28. The summed E-state index contributed by atoms with van der Waals surface area (Å²) in [6, 6.07) is 8.25. The van der Waals surface area contributed by atoms with Crippen molar-refractivity contribution >= 4 is 6.08 Å². The molecule has 1 aromatic carbocycles. The lowest BCUT2D eigenvalue weighted by Crippen LogP contribution is -2.07. The molecule has 0 saturated heterocycles. The Hall–Kier alpha value is -1.08. The Kier molecular flexibility index (Phi) is 1.96. The lowest BCUT2D eigenvalue weighted by molar-refractivity contribution is 0.265. The maximum atomic E-state index is 9.10. The first-order valence-electron chi connectivity index (χ1n) is 4.28. The van der Waals surface area contributed by atoms with E-state index in [1.165, 1.54) is 11.1 Å². The van der Waals surface area contributed by atoms with Crippen molar-refractivity contribution in [2.75, 3.05) is 6.61 Å². The molecule has 2 rings (SSSR count). The van der Waals surface area contributed by atoms with Gasteiger partial charge in [-0.2, -0.15) is 0 Å². The number of aliphatic hydroxyl groups excluding tert-OH is 1. The van der Waals surface area contributed by atoms with Crippen LogP contribution in [-0.2, 0) is 0 Å². The van der Waals surface area contributed by atoms with Crippen molar-refractivity contribution in [3.63, 3.8) is 0 Å². The lowest BCUT2D eigenvalue weighted by Gasteiger charge is -2.18. The molecule has 1 nitrogen and oxygen atoms in total. The van der Waals surface area contributed by atoms with Gasteiger partial charge in [-0.1, -0.05) is 36.4 Å². The van der Waals surface area contributed by atoms with Crippen LogP contribution in [-0.4, -0.2) is 11.7 Å². The highest BCUT2D eigenvalue weighted by atomic mass is 16.3. The zero-order valence-corrected chi connectivity index (χ0v) is 6.90. The molecule has 0 fully saturated rings. The van der Waals surface area contributed by atoms with Gasteiger partial charge in [-0.25, -0.2) is 0 Å². The van der Waals surface area contributed by atoms with Crippen LogP contribution in [0.4, 0.5) is 0 Å². The molecule has 1 heteroatoms. The van der Waals surface area contributed by atoms with Crippen molar-refractivity contribution < 1.29 is 5.11 Å². The lowest BCUT2D eigenvalue weighted by atomic mass is 9.88. The maximum Gasteiger partial charge on any atom is 0.0502 e. The Bertz CT molecular complexity index is 302. The van der Waals surface area contributed by atoms with Gasteiger partial charge in [0, 0.05) is 5.92 Å². The van der Waals surface area contributed by atoms with E-state index >= 15 is 0 Å². The monoisotopic (exact) mass is 160 g/mol. The molecule has 1 aromatic rings. The minimum Gasteiger partial charge on any atom is -0.396 e. The van der Waals surface area contributed by atoms with Gasteiger partial charge in [-0.3, -0.25) is 0 Å². The molecule has 0 spiro atoms. The second kappa shape index (κ2) is 3.11. The Morgan fingerprint density at radius 1 is 1.33 bits per heavy atom. The molecule has 0 bridgehead atoms. The molecule has 0 aromatic heterocycles. The zero-order valence-electron chi connectivity index (χ0n) is 6.90. The van der Waals surface area contributed by atoms with E-state index in [0.717, 1.165) is 6.42 Å². The Balaban J connectivity index is 2.45. The molecule has 0 heterocycles. The second-order valence-electron chi connectivity index (χ2n) is 3.15. The fourth-order valence-corrected chi connectivity index (χ4v) is 1.69. The van der Waals surface area contributed by atoms with Crippen LogP contribution < -0.4 is 0 Å². The molecule has 1 atom stereocenters. The molecule has 1 unspecified atom stereocenters. The molecular weight excluding hydrogens is 148 g/mol.